The predicted molar refractivity (Wildman–Crippen MR) is 86.0 cm³/mol. The lowest BCUT2D eigenvalue weighted by Gasteiger charge is -2.30. The molecule has 2 unspecified atom stereocenters. The second-order valence-corrected chi connectivity index (χ2v) is 6.35. The molecule has 1 aliphatic carbocycles. The van der Waals surface area contributed by atoms with Crippen LogP contribution in [0.3, 0.4) is 0 Å². The fourth-order valence-electron chi connectivity index (χ4n) is 2.82. The van der Waals surface area contributed by atoms with Gasteiger partial charge in [-0.2, -0.15) is 0 Å². The smallest absolute Gasteiger partial charge is 0.319 e. The largest absolute Gasteiger partial charge is 0.396 e. The van der Waals surface area contributed by atoms with Gasteiger partial charge in [-0.25, -0.2) is 4.79 Å². The molecular weight excluding hydrogens is 311 g/mol. The number of hydrogen-bond donors (Lipinski definition) is 3. The highest BCUT2D eigenvalue weighted by atomic mass is 35.5. The number of carbonyl (C=O) groups excluding carboxylic acids is 1. The van der Waals surface area contributed by atoms with E-state index in [0.29, 0.717) is 34.1 Å². The van der Waals surface area contributed by atoms with E-state index in [1.165, 1.54) is 0 Å². The fraction of sp³-hybridized carbons (Fsp3) is 0.533. The van der Waals surface area contributed by atoms with Crippen LogP contribution in [0.25, 0.3) is 0 Å². The molecule has 0 aliphatic heterocycles. The zero-order valence-corrected chi connectivity index (χ0v) is 13.3. The van der Waals surface area contributed by atoms with E-state index < -0.39 is 0 Å². The van der Waals surface area contributed by atoms with Crippen LogP contribution in [0.15, 0.2) is 18.2 Å². The Bertz CT molecular complexity index is 476. The van der Waals surface area contributed by atoms with Gasteiger partial charge in [0, 0.05) is 28.9 Å². The first kappa shape index (κ1) is 16.4. The highest BCUT2D eigenvalue weighted by molar-refractivity contribution is 6.35. The maximum atomic E-state index is 11.9. The van der Waals surface area contributed by atoms with Crippen LogP contribution in [0, 0.1) is 11.8 Å². The van der Waals surface area contributed by atoms with Gasteiger partial charge in [-0.05, 0) is 42.9 Å². The van der Waals surface area contributed by atoms with Gasteiger partial charge in [0.15, 0.2) is 0 Å². The summed E-state index contributed by atoms with van der Waals surface area (Å²) >= 11 is 11.8. The topological polar surface area (TPSA) is 61.4 Å². The Hall–Kier alpha value is -0.970. The predicted octanol–water partition coefficient (Wildman–Crippen LogP) is 3.91. The molecule has 2 rings (SSSR count). The number of urea groups is 1. The molecule has 3 N–H and O–H groups in total. The van der Waals surface area contributed by atoms with Gasteiger partial charge in [0.2, 0.25) is 0 Å². The third kappa shape index (κ3) is 5.06. The van der Waals surface area contributed by atoms with Gasteiger partial charge in [0.25, 0.3) is 0 Å². The van der Waals surface area contributed by atoms with Gasteiger partial charge in [0.1, 0.15) is 0 Å². The number of halogens is 2. The van der Waals surface area contributed by atoms with Crippen LogP contribution in [0.1, 0.15) is 25.7 Å². The number of amides is 2. The summed E-state index contributed by atoms with van der Waals surface area (Å²) in [5, 5.41) is 15.9. The molecule has 0 radical (unpaired) electrons. The number of benzene rings is 1. The molecule has 0 spiro atoms. The molecular formula is C15H20Cl2N2O2. The fourth-order valence-corrected chi connectivity index (χ4v) is 3.34. The van der Waals surface area contributed by atoms with Gasteiger partial charge in [0.05, 0.1) is 0 Å². The molecule has 2 atom stereocenters. The second kappa shape index (κ2) is 7.87. The average molecular weight is 331 g/mol. The van der Waals surface area contributed by atoms with Gasteiger partial charge >= 0.3 is 6.03 Å². The normalized spacial score (nSPS) is 21.9. The minimum absolute atomic E-state index is 0.192. The zero-order chi connectivity index (χ0) is 15.2. The molecule has 6 heteroatoms. The van der Waals surface area contributed by atoms with Crippen molar-refractivity contribution in [2.75, 3.05) is 18.5 Å². The molecule has 0 bridgehead atoms. The van der Waals surface area contributed by atoms with Crippen LogP contribution in [0.2, 0.25) is 10.0 Å². The first-order valence-electron chi connectivity index (χ1n) is 7.20. The maximum Gasteiger partial charge on any atom is 0.319 e. The Morgan fingerprint density at radius 3 is 2.38 bits per heavy atom. The maximum absolute atomic E-state index is 11.9. The summed E-state index contributed by atoms with van der Waals surface area (Å²) < 4.78 is 0. The molecule has 1 aromatic rings. The number of aliphatic hydroxyl groups is 1. The van der Waals surface area contributed by atoms with Crippen molar-refractivity contribution in [1.29, 1.82) is 0 Å². The lowest BCUT2D eigenvalue weighted by molar-refractivity contribution is 0.134. The number of aliphatic hydroxyl groups excluding tert-OH is 1. The molecule has 116 valence electrons. The molecule has 0 saturated heterocycles. The molecule has 21 heavy (non-hydrogen) atoms. The van der Waals surface area contributed by atoms with Crippen molar-refractivity contribution in [1.82, 2.24) is 5.32 Å². The van der Waals surface area contributed by atoms with Crippen molar-refractivity contribution in [2.45, 2.75) is 25.7 Å². The van der Waals surface area contributed by atoms with E-state index in [1.54, 1.807) is 18.2 Å². The number of nitrogens with one attached hydrogen (secondary N) is 2. The summed E-state index contributed by atoms with van der Waals surface area (Å²) in [6.45, 7) is 0.767. The summed E-state index contributed by atoms with van der Waals surface area (Å²) in [6, 6.07) is 4.62. The van der Waals surface area contributed by atoms with Crippen molar-refractivity contribution in [3.63, 3.8) is 0 Å². The van der Waals surface area contributed by atoms with Gasteiger partial charge in [-0.15, -0.1) is 0 Å². The van der Waals surface area contributed by atoms with Crippen LogP contribution < -0.4 is 10.6 Å². The summed E-state index contributed by atoms with van der Waals surface area (Å²) in [5.74, 6) is 0.636. The SMILES string of the molecule is O=C(NCC1CCCCC1CO)Nc1cc(Cl)cc(Cl)c1. The molecule has 1 aromatic carbocycles. The Morgan fingerprint density at radius 2 is 1.76 bits per heavy atom. The van der Waals surface area contributed by atoms with Gasteiger partial charge < -0.3 is 15.7 Å². The summed E-state index contributed by atoms with van der Waals surface area (Å²) in [7, 11) is 0. The Kier molecular flexibility index (Phi) is 6.15. The average Bonchev–Trinajstić information content (AvgIpc) is 2.44. The molecule has 0 aromatic heterocycles. The number of carbonyl (C=O) groups is 1. The van der Waals surface area contributed by atoms with Crippen LogP contribution >= 0.6 is 23.2 Å². The van der Waals surface area contributed by atoms with E-state index in [9.17, 15) is 9.90 Å². The van der Waals surface area contributed by atoms with Crippen molar-refractivity contribution in [3.8, 4) is 0 Å². The van der Waals surface area contributed by atoms with E-state index in [1.807, 2.05) is 0 Å². The Morgan fingerprint density at radius 1 is 1.14 bits per heavy atom. The van der Waals surface area contributed by atoms with Crippen LogP contribution in [0.5, 0.6) is 0 Å². The standard InChI is InChI=1S/C15H20Cl2N2O2/c16-12-5-13(17)7-14(6-12)19-15(21)18-8-10-3-1-2-4-11(10)9-20/h5-7,10-11,20H,1-4,8-9H2,(H2,18,19,21). The minimum Gasteiger partial charge on any atom is -0.396 e. The van der Waals surface area contributed by atoms with E-state index in [-0.39, 0.29) is 12.6 Å². The van der Waals surface area contributed by atoms with Gasteiger partial charge in [-0.3, -0.25) is 0 Å². The van der Waals surface area contributed by atoms with E-state index in [2.05, 4.69) is 10.6 Å². The molecule has 4 nitrogen and oxygen atoms in total. The number of rotatable bonds is 4. The zero-order valence-electron chi connectivity index (χ0n) is 11.7. The summed E-state index contributed by atoms with van der Waals surface area (Å²) in [4.78, 5) is 11.9. The molecule has 1 aliphatic rings. The third-order valence-electron chi connectivity index (χ3n) is 3.95. The number of hydrogen-bond acceptors (Lipinski definition) is 2. The monoisotopic (exact) mass is 330 g/mol. The molecule has 2 amide bonds. The van der Waals surface area contributed by atoms with E-state index in [4.69, 9.17) is 23.2 Å². The van der Waals surface area contributed by atoms with E-state index >= 15 is 0 Å². The van der Waals surface area contributed by atoms with Crippen LogP contribution in [-0.4, -0.2) is 24.3 Å². The van der Waals surface area contributed by atoms with Crippen molar-refractivity contribution < 1.29 is 9.90 Å². The summed E-state index contributed by atoms with van der Waals surface area (Å²) in [5.41, 5.74) is 0.562. The van der Waals surface area contributed by atoms with Crippen molar-refractivity contribution in [3.05, 3.63) is 28.2 Å². The first-order valence-corrected chi connectivity index (χ1v) is 7.96. The molecule has 1 fully saturated rings. The van der Waals surface area contributed by atoms with Crippen molar-refractivity contribution >= 4 is 34.9 Å². The summed E-state index contributed by atoms with van der Waals surface area (Å²) in [6.07, 6.45) is 4.41. The Balaban J connectivity index is 1.84. The lowest BCUT2D eigenvalue weighted by atomic mass is 9.80. The number of anilines is 1. The highest BCUT2D eigenvalue weighted by Crippen LogP contribution is 2.29. The Labute approximate surface area is 134 Å². The molecule has 0 heterocycles. The van der Waals surface area contributed by atoms with Crippen LogP contribution in [0.4, 0.5) is 10.5 Å². The van der Waals surface area contributed by atoms with Crippen LogP contribution in [-0.2, 0) is 0 Å². The first-order chi connectivity index (χ1) is 10.1. The highest BCUT2D eigenvalue weighted by Gasteiger charge is 2.24. The molecule has 1 saturated carbocycles. The minimum atomic E-state index is -0.282. The van der Waals surface area contributed by atoms with Crippen molar-refractivity contribution in [2.24, 2.45) is 11.8 Å². The lowest BCUT2D eigenvalue weighted by Crippen LogP contribution is -2.37. The third-order valence-corrected chi connectivity index (χ3v) is 4.38. The quantitative estimate of drug-likeness (QED) is 0.783. The van der Waals surface area contributed by atoms with Gasteiger partial charge in [-0.1, -0.05) is 36.0 Å². The second-order valence-electron chi connectivity index (χ2n) is 5.48. The van der Waals surface area contributed by atoms with E-state index in [0.717, 1.165) is 25.7 Å².